The van der Waals surface area contributed by atoms with Crippen LogP contribution in [0.15, 0.2) is 30.3 Å². The van der Waals surface area contributed by atoms with Crippen molar-refractivity contribution in [2.75, 3.05) is 6.61 Å². The van der Waals surface area contributed by atoms with Crippen molar-refractivity contribution >= 4 is 11.8 Å². The van der Waals surface area contributed by atoms with Crippen LogP contribution in [-0.4, -0.2) is 41.1 Å². The van der Waals surface area contributed by atoms with Gasteiger partial charge in [-0.05, 0) is 19.1 Å². The summed E-state index contributed by atoms with van der Waals surface area (Å²) in [5.41, 5.74) is -0.556. The first kappa shape index (κ1) is 14.8. The average Bonchev–Trinajstić information content (AvgIpc) is 2.69. The molecule has 2 aliphatic heterocycles. The van der Waals surface area contributed by atoms with Crippen molar-refractivity contribution in [1.29, 1.82) is 0 Å². The normalized spacial score (nSPS) is 41.1. The van der Waals surface area contributed by atoms with Crippen LogP contribution in [0.25, 0.3) is 0 Å². The Bertz CT molecular complexity index is 658. The number of benzene rings is 1. The number of aliphatic hydroxyl groups is 1. The minimum atomic E-state index is -1.42. The molecule has 1 saturated carbocycles. The molecule has 0 aromatic heterocycles. The fraction of sp³-hybridized carbons (Fsp3) is 0.529. The Kier molecular flexibility index (Phi) is 3.13. The molecule has 6 nitrogen and oxygen atoms in total. The Morgan fingerprint density at radius 1 is 1.35 bits per heavy atom. The fourth-order valence-electron chi connectivity index (χ4n) is 3.79. The Hall–Kier alpha value is -1.76. The average molecular weight is 318 g/mol. The number of hydrogen-bond acceptors (Lipinski definition) is 6. The number of hydrogen-bond donors (Lipinski definition) is 1. The van der Waals surface area contributed by atoms with E-state index in [1.807, 2.05) is 6.07 Å². The van der Waals surface area contributed by atoms with Crippen molar-refractivity contribution in [2.24, 2.45) is 11.8 Å². The Labute approximate surface area is 133 Å². The highest BCUT2D eigenvalue weighted by Crippen LogP contribution is 2.56. The van der Waals surface area contributed by atoms with Gasteiger partial charge in [0.25, 0.3) is 0 Å². The monoisotopic (exact) mass is 318 g/mol. The van der Waals surface area contributed by atoms with Crippen LogP contribution >= 0.6 is 0 Å². The summed E-state index contributed by atoms with van der Waals surface area (Å²) in [7, 11) is 0. The van der Waals surface area contributed by atoms with Gasteiger partial charge in [-0.1, -0.05) is 18.2 Å². The lowest BCUT2D eigenvalue weighted by molar-refractivity contribution is -0.271. The molecule has 1 aromatic carbocycles. The lowest BCUT2D eigenvalue weighted by atomic mass is 9.70. The maximum Gasteiger partial charge on any atom is 0.338 e. The molecule has 6 heteroatoms. The minimum absolute atomic E-state index is 0.0287. The molecule has 1 N–H and O–H groups in total. The standard InChI is InChI=1S/C17H18O6/c1-16-8-13(18)11-7-17(16,20)23-15(22-16)12(11)9-21-14(19)10-5-3-2-4-6-10/h2-6,11-12,15,20H,7-9H2,1H3/t11-,12+,15+,16+,17-/m1/s1. The minimum Gasteiger partial charge on any atom is -0.462 e. The lowest BCUT2D eigenvalue weighted by Crippen LogP contribution is -2.59. The van der Waals surface area contributed by atoms with Gasteiger partial charge in [0.2, 0.25) is 0 Å². The molecule has 0 spiro atoms. The Morgan fingerprint density at radius 3 is 2.83 bits per heavy atom. The summed E-state index contributed by atoms with van der Waals surface area (Å²) in [6.07, 6.45) is -0.418. The van der Waals surface area contributed by atoms with Crippen LogP contribution in [0.1, 0.15) is 30.1 Å². The van der Waals surface area contributed by atoms with Crippen LogP contribution < -0.4 is 0 Å². The first-order valence-corrected chi connectivity index (χ1v) is 7.75. The molecule has 3 bridgehead atoms. The van der Waals surface area contributed by atoms with E-state index in [9.17, 15) is 14.7 Å². The number of Topliss-reactive ketones (excluding diaryl/α,β-unsaturated/α-hetero) is 1. The van der Waals surface area contributed by atoms with Crippen molar-refractivity contribution in [3.8, 4) is 0 Å². The zero-order chi connectivity index (χ0) is 16.2. The van der Waals surface area contributed by atoms with Crippen molar-refractivity contribution in [1.82, 2.24) is 0 Å². The molecule has 122 valence electrons. The number of ether oxygens (including phenoxy) is 3. The molecule has 1 aliphatic carbocycles. The third-order valence-electron chi connectivity index (χ3n) is 5.22. The predicted octanol–water partition coefficient (Wildman–Crippen LogP) is 1.27. The fourth-order valence-corrected chi connectivity index (χ4v) is 3.79. The molecule has 2 heterocycles. The smallest absolute Gasteiger partial charge is 0.338 e. The second-order valence-electron chi connectivity index (χ2n) is 6.70. The van der Waals surface area contributed by atoms with Gasteiger partial charge in [-0.3, -0.25) is 4.79 Å². The van der Waals surface area contributed by atoms with Gasteiger partial charge in [-0.25, -0.2) is 4.79 Å². The maximum absolute atomic E-state index is 12.3. The van der Waals surface area contributed by atoms with Crippen LogP contribution in [0.3, 0.4) is 0 Å². The molecule has 2 saturated heterocycles. The molecule has 3 aliphatic rings. The molecular weight excluding hydrogens is 300 g/mol. The SMILES string of the molecule is C[C@]12CC(=O)[C@@H]3C[C@@]1(O)O[C@H](O2)[C@H]3COC(=O)c1ccccc1. The van der Waals surface area contributed by atoms with Gasteiger partial charge in [0.05, 0.1) is 11.5 Å². The molecule has 0 amide bonds. The van der Waals surface area contributed by atoms with Crippen LogP contribution in [0.4, 0.5) is 0 Å². The van der Waals surface area contributed by atoms with Gasteiger partial charge >= 0.3 is 5.97 Å². The molecule has 4 rings (SSSR count). The van der Waals surface area contributed by atoms with Gasteiger partial charge in [0.1, 0.15) is 18.0 Å². The molecule has 0 radical (unpaired) electrons. The Balaban J connectivity index is 1.50. The van der Waals surface area contributed by atoms with Gasteiger partial charge in [-0.15, -0.1) is 0 Å². The lowest BCUT2D eigenvalue weighted by Gasteiger charge is -2.44. The Morgan fingerprint density at radius 2 is 2.09 bits per heavy atom. The van der Waals surface area contributed by atoms with Gasteiger partial charge in [-0.2, -0.15) is 0 Å². The second kappa shape index (κ2) is 4.87. The molecule has 1 aromatic rings. The second-order valence-corrected chi connectivity index (χ2v) is 6.70. The van der Waals surface area contributed by atoms with Crippen LogP contribution in [0.5, 0.6) is 0 Å². The summed E-state index contributed by atoms with van der Waals surface area (Å²) in [4.78, 5) is 24.4. The zero-order valence-electron chi connectivity index (χ0n) is 12.7. The largest absolute Gasteiger partial charge is 0.462 e. The van der Waals surface area contributed by atoms with E-state index in [1.165, 1.54) is 0 Å². The molecule has 5 atom stereocenters. The number of carbonyl (C=O) groups excluding carboxylic acids is 2. The van der Waals surface area contributed by atoms with Crippen molar-refractivity contribution < 1.29 is 28.9 Å². The van der Waals surface area contributed by atoms with Gasteiger partial charge < -0.3 is 19.3 Å². The van der Waals surface area contributed by atoms with Crippen molar-refractivity contribution in [3.05, 3.63) is 35.9 Å². The summed E-state index contributed by atoms with van der Waals surface area (Å²) < 4.78 is 16.8. The van der Waals surface area contributed by atoms with E-state index < -0.39 is 29.6 Å². The molecule has 3 fully saturated rings. The van der Waals surface area contributed by atoms with E-state index in [4.69, 9.17) is 14.2 Å². The number of fused-ring (bicyclic) bond motifs is 2. The van der Waals surface area contributed by atoms with Crippen LogP contribution in [-0.2, 0) is 19.0 Å². The maximum atomic E-state index is 12.3. The number of ketones is 1. The number of carbonyl (C=O) groups is 2. The highest BCUT2D eigenvalue weighted by atomic mass is 16.8. The van der Waals surface area contributed by atoms with E-state index in [-0.39, 0.29) is 31.1 Å². The van der Waals surface area contributed by atoms with Crippen LogP contribution in [0, 0.1) is 11.8 Å². The summed E-state index contributed by atoms with van der Waals surface area (Å²) >= 11 is 0. The summed E-state index contributed by atoms with van der Waals surface area (Å²) in [5, 5.41) is 10.6. The quantitative estimate of drug-likeness (QED) is 0.845. The highest BCUT2D eigenvalue weighted by molar-refractivity contribution is 5.89. The number of rotatable bonds is 3. The van der Waals surface area contributed by atoms with E-state index in [2.05, 4.69) is 0 Å². The zero-order valence-corrected chi connectivity index (χ0v) is 12.7. The topological polar surface area (TPSA) is 82.1 Å². The summed E-state index contributed by atoms with van der Waals surface area (Å²) in [5.74, 6) is -2.63. The van der Waals surface area contributed by atoms with E-state index in [0.717, 1.165) is 0 Å². The molecule has 0 unspecified atom stereocenters. The highest BCUT2D eigenvalue weighted by Gasteiger charge is 2.69. The van der Waals surface area contributed by atoms with Gasteiger partial charge in [0, 0.05) is 18.8 Å². The third-order valence-corrected chi connectivity index (χ3v) is 5.22. The van der Waals surface area contributed by atoms with E-state index in [1.54, 1.807) is 31.2 Å². The summed E-state index contributed by atoms with van der Waals surface area (Å²) in [6, 6.07) is 8.67. The summed E-state index contributed by atoms with van der Waals surface area (Å²) in [6.45, 7) is 1.72. The van der Waals surface area contributed by atoms with Crippen molar-refractivity contribution in [2.45, 2.75) is 37.4 Å². The predicted molar refractivity (Wildman–Crippen MR) is 77.3 cm³/mol. The van der Waals surface area contributed by atoms with Crippen molar-refractivity contribution in [3.63, 3.8) is 0 Å². The van der Waals surface area contributed by atoms with E-state index >= 15 is 0 Å². The van der Waals surface area contributed by atoms with Gasteiger partial charge in [0.15, 0.2) is 12.1 Å². The van der Waals surface area contributed by atoms with Crippen LogP contribution in [0.2, 0.25) is 0 Å². The third kappa shape index (κ3) is 2.13. The first-order chi connectivity index (χ1) is 10.9. The first-order valence-electron chi connectivity index (χ1n) is 7.75. The number of esters is 1. The van der Waals surface area contributed by atoms with E-state index in [0.29, 0.717) is 5.56 Å². The molecule has 23 heavy (non-hydrogen) atoms. The molecular formula is C17H18O6.